The average molecular weight is 237 g/mol. The number of esters is 1. The van der Waals surface area contributed by atoms with Crippen molar-refractivity contribution in [1.82, 2.24) is 15.1 Å². The molecule has 1 aromatic heterocycles. The quantitative estimate of drug-likeness (QED) is 0.748. The molecule has 5 heteroatoms. The van der Waals surface area contributed by atoms with Gasteiger partial charge in [-0.1, -0.05) is 6.42 Å². The van der Waals surface area contributed by atoms with Crippen LogP contribution in [0.4, 0.5) is 0 Å². The van der Waals surface area contributed by atoms with Gasteiger partial charge in [0, 0.05) is 24.8 Å². The highest BCUT2D eigenvalue weighted by Crippen LogP contribution is 2.27. The fourth-order valence-corrected chi connectivity index (χ4v) is 1.92. The minimum atomic E-state index is -0.244. The number of carbonyl (C=O) groups excluding carboxylic acids is 1. The van der Waals surface area contributed by atoms with Crippen LogP contribution in [0.3, 0.4) is 0 Å². The van der Waals surface area contributed by atoms with E-state index in [2.05, 4.69) is 15.2 Å². The van der Waals surface area contributed by atoms with E-state index in [9.17, 15) is 4.79 Å². The summed E-state index contributed by atoms with van der Waals surface area (Å²) in [5.74, 6) is 0.567. The normalized spacial score (nSPS) is 15.6. The summed E-state index contributed by atoms with van der Waals surface area (Å²) < 4.78 is 6.54. The second-order valence-corrected chi connectivity index (χ2v) is 4.55. The van der Waals surface area contributed by atoms with Gasteiger partial charge in [-0.3, -0.25) is 9.48 Å². The number of hydrogen-bond acceptors (Lipinski definition) is 4. The van der Waals surface area contributed by atoms with E-state index in [0.29, 0.717) is 6.54 Å². The first-order valence-electron chi connectivity index (χ1n) is 6.07. The molecule has 1 aliphatic rings. The molecule has 0 aromatic carbocycles. The van der Waals surface area contributed by atoms with E-state index in [0.717, 1.165) is 18.0 Å². The molecule has 0 aliphatic heterocycles. The third-order valence-corrected chi connectivity index (χ3v) is 3.18. The second kappa shape index (κ2) is 5.82. The van der Waals surface area contributed by atoms with E-state index >= 15 is 0 Å². The molecule has 1 aliphatic carbocycles. The molecule has 1 fully saturated rings. The first-order chi connectivity index (χ1) is 8.28. The molecule has 94 valence electrons. The molecule has 0 amide bonds. The number of hydrogen-bond donors (Lipinski definition) is 1. The minimum Gasteiger partial charge on any atom is -0.468 e. The predicted molar refractivity (Wildman–Crippen MR) is 63.3 cm³/mol. The summed E-state index contributed by atoms with van der Waals surface area (Å²) in [6.45, 7) is 1.92. The van der Waals surface area contributed by atoms with Crippen LogP contribution in [0.1, 0.15) is 24.8 Å². The number of methoxy groups -OCH3 is 1. The smallest absolute Gasteiger partial charge is 0.319 e. The number of rotatable bonds is 6. The Hall–Kier alpha value is -1.36. The van der Waals surface area contributed by atoms with Gasteiger partial charge in [-0.2, -0.15) is 5.10 Å². The summed E-state index contributed by atoms with van der Waals surface area (Å²) in [7, 11) is 1.39. The maximum absolute atomic E-state index is 10.9. The van der Waals surface area contributed by atoms with Crippen molar-refractivity contribution in [2.75, 3.05) is 13.7 Å². The molecule has 1 heterocycles. The summed E-state index contributed by atoms with van der Waals surface area (Å²) in [4.78, 5) is 10.9. The van der Waals surface area contributed by atoms with Crippen molar-refractivity contribution in [3.63, 3.8) is 0 Å². The van der Waals surface area contributed by atoms with Crippen LogP contribution in [0.5, 0.6) is 0 Å². The number of aromatic nitrogens is 2. The number of ether oxygens (including phenoxy) is 1. The second-order valence-electron chi connectivity index (χ2n) is 4.55. The molecule has 0 radical (unpaired) electrons. The average Bonchev–Trinajstić information content (AvgIpc) is 2.71. The van der Waals surface area contributed by atoms with Crippen LogP contribution >= 0.6 is 0 Å². The first kappa shape index (κ1) is 12.1. The van der Waals surface area contributed by atoms with Crippen molar-refractivity contribution < 1.29 is 9.53 Å². The Morgan fingerprint density at radius 2 is 2.47 bits per heavy atom. The third-order valence-electron chi connectivity index (χ3n) is 3.18. The predicted octanol–water partition coefficient (Wildman–Crippen LogP) is 0.946. The maximum atomic E-state index is 10.9. The Morgan fingerprint density at radius 1 is 1.65 bits per heavy atom. The standard InChI is InChI=1S/C12H19N3O2/c1-17-12(16)7-13-5-11-6-14-15(9-11)8-10-3-2-4-10/h6,9-10,13H,2-5,7-8H2,1H3. The highest BCUT2D eigenvalue weighted by atomic mass is 16.5. The van der Waals surface area contributed by atoms with Crippen molar-refractivity contribution in [3.05, 3.63) is 18.0 Å². The van der Waals surface area contributed by atoms with Crippen LogP contribution in [0.15, 0.2) is 12.4 Å². The van der Waals surface area contributed by atoms with E-state index in [1.807, 2.05) is 17.1 Å². The van der Waals surface area contributed by atoms with Gasteiger partial charge in [0.1, 0.15) is 0 Å². The lowest BCUT2D eigenvalue weighted by Crippen LogP contribution is -2.23. The van der Waals surface area contributed by atoms with Crippen molar-refractivity contribution in [2.24, 2.45) is 5.92 Å². The summed E-state index contributed by atoms with van der Waals surface area (Å²) in [6.07, 6.45) is 7.91. The van der Waals surface area contributed by atoms with Gasteiger partial charge in [0.2, 0.25) is 0 Å². The molecule has 1 saturated carbocycles. The van der Waals surface area contributed by atoms with Crippen LogP contribution in [0, 0.1) is 5.92 Å². The molecule has 0 unspecified atom stereocenters. The molecular weight excluding hydrogens is 218 g/mol. The summed E-state index contributed by atoms with van der Waals surface area (Å²) in [5.41, 5.74) is 1.10. The molecule has 1 N–H and O–H groups in total. The molecule has 1 aromatic rings. The molecule has 5 nitrogen and oxygen atoms in total. The number of carbonyl (C=O) groups is 1. The van der Waals surface area contributed by atoms with Crippen molar-refractivity contribution >= 4 is 5.97 Å². The SMILES string of the molecule is COC(=O)CNCc1cnn(CC2CCC2)c1. The zero-order valence-corrected chi connectivity index (χ0v) is 10.2. The molecule has 0 spiro atoms. The topological polar surface area (TPSA) is 56.1 Å². The van der Waals surface area contributed by atoms with E-state index in [1.165, 1.54) is 26.4 Å². The summed E-state index contributed by atoms with van der Waals surface area (Å²) in [5, 5.41) is 7.34. The first-order valence-corrected chi connectivity index (χ1v) is 6.07. The fourth-order valence-electron chi connectivity index (χ4n) is 1.92. The van der Waals surface area contributed by atoms with Gasteiger partial charge in [0.05, 0.1) is 19.9 Å². The van der Waals surface area contributed by atoms with Gasteiger partial charge in [-0.15, -0.1) is 0 Å². The Labute approximate surface area is 101 Å². The lowest BCUT2D eigenvalue weighted by atomic mass is 9.85. The fraction of sp³-hybridized carbons (Fsp3) is 0.667. The van der Waals surface area contributed by atoms with Gasteiger partial charge in [-0.05, 0) is 18.8 Å². The molecule has 17 heavy (non-hydrogen) atoms. The van der Waals surface area contributed by atoms with Gasteiger partial charge >= 0.3 is 5.97 Å². The molecule has 0 atom stereocenters. The van der Waals surface area contributed by atoms with Gasteiger partial charge in [0.15, 0.2) is 0 Å². The Bertz CT molecular complexity index is 372. The van der Waals surface area contributed by atoms with Crippen molar-refractivity contribution in [1.29, 1.82) is 0 Å². The highest BCUT2D eigenvalue weighted by molar-refractivity contribution is 5.71. The van der Waals surface area contributed by atoms with E-state index in [1.54, 1.807) is 0 Å². The zero-order valence-electron chi connectivity index (χ0n) is 10.2. The van der Waals surface area contributed by atoms with E-state index in [-0.39, 0.29) is 12.5 Å². The largest absolute Gasteiger partial charge is 0.468 e. The molecule has 0 bridgehead atoms. The van der Waals surface area contributed by atoms with Crippen LogP contribution in [-0.4, -0.2) is 29.4 Å². The summed E-state index contributed by atoms with van der Waals surface area (Å²) in [6, 6.07) is 0. The monoisotopic (exact) mass is 237 g/mol. The Kier molecular flexibility index (Phi) is 4.14. The maximum Gasteiger partial charge on any atom is 0.319 e. The number of nitrogens with one attached hydrogen (secondary N) is 1. The van der Waals surface area contributed by atoms with Crippen molar-refractivity contribution in [2.45, 2.75) is 32.4 Å². The Balaban J connectivity index is 1.71. The number of nitrogens with zero attached hydrogens (tertiary/aromatic N) is 2. The Morgan fingerprint density at radius 3 is 3.12 bits per heavy atom. The minimum absolute atomic E-state index is 0.240. The van der Waals surface area contributed by atoms with Crippen LogP contribution in [0.2, 0.25) is 0 Å². The van der Waals surface area contributed by atoms with Gasteiger partial charge in [-0.25, -0.2) is 0 Å². The van der Waals surface area contributed by atoms with Crippen LogP contribution in [-0.2, 0) is 22.6 Å². The lowest BCUT2D eigenvalue weighted by molar-refractivity contribution is -0.139. The van der Waals surface area contributed by atoms with Gasteiger partial charge < -0.3 is 10.1 Å². The van der Waals surface area contributed by atoms with Gasteiger partial charge in [0.25, 0.3) is 0 Å². The molecule has 0 saturated heterocycles. The third kappa shape index (κ3) is 3.56. The molecule has 2 rings (SSSR count). The van der Waals surface area contributed by atoms with E-state index in [4.69, 9.17) is 0 Å². The lowest BCUT2D eigenvalue weighted by Gasteiger charge is -2.24. The van der Waals surface area contributed by atoms with E-state index < -0.39 is 0 Å². The highest BCUT2D eigenvalue weighted by Gasteiger charge is 2.17. The molecular formula is C12H19N3O2. The summed E-state index contributed by atoms with van der Waals surface area (Å²) >= 11 is 0. The van der Waals surface area contributed by atoms with Crippen LogP contribution < -0.4 is 5.32 Å². The van der Waals surface area contributed by atoms with Crippen molar-refractivity contribution in [3.8, 4) is 0 Å². The zero-order chi connectivity index (χ0) is 12.1. The van der Waals surface area contributed by atoms with Crippen LogP contribution in [0.25, 0.3) is 0 Å².